The molecule has 1 saturated heterocycles. The molecule has 0 bridgehead atoms. The van der Waals surface area contributed by atoms with Crippen molar-refractivity contribution in [1.29, 1.82) is 0 Å². The minimum absolute atomic E-state index is 0.0364. The normalized spacial score (nSPS) is 18.0. The van der Waals surface area contributed by atoms with E-state index in [1.807, 2.05) is 30.0 Å². The fraction of sp³-hybridized carbons (Fsp3) is 0.409. The van der Waals surface area contributed by atoms with Crippen LogP contribution in [0.4, 0.5) is 0 Å². The van der Waals surface area contributed by atoms with Gasteiger partial charge < -0.3 is 14.5 Å². The fourth-order valence-corrected chi connectivity index (χ4v) is 4.84. The topological polar surface area (TPSA) is 34.0 Å². The number of rotatable bonds is 5. The zero-order valence-electron chi connectivity index (χ0n) is 15.8. The van der Waals surface area contributed by atoms with Gasteiger partial charge in [-0.2, -0.15) is 0 Å². The average molecular weight is 384 g/mol. The van der Waals surface area contributed by atoms with Crippen molar-refractivity contribution in [1.82, 2.24) is 4.90 Å². The van der Waals surface area contributed by atoms with Crippen LogP contribution in [0.25, 0.3) is 0 Å². The van der Waals surface area contributed by atoms with E-state index in [1.54, 1.807) is 16.7 Å². The van der Waals surface area contributed by atoms with Gasteiger partial charge in [0.15, 0.2) is 0 Å². The molecule has 2 aliphatic rings. The number of ether oxygens (including phenoxy) is 1. The molecule has 4 rings (SSSR count). The highest BCUT2D eigenvalue weighted by Crippen LogP contribution is 2.26. The number of thioether (sulfide) groups is 1. The van der Waals surface area contributed by atoms with E-state index in [0.717, 1.165) is 56.4 Å². The predicted octanol–water partition coefficient (Wildman–Crippen LogP) is 2.03. The van der Waals surface area contributed by atoms with Gasteiger partial charge in [-0.1, -0.05) is 18.2 Å². The summed E-state index contributed by atoms with van der Waals surface area (Å²) in [6, 6.07) is 16.8. The van der Waals surface area contributed by atoms with Gasteiger partial charge >= 0.3 is 0 Å². The van der Waals surface area contributed by atoms with Gasteiger partial charge in [-0.15, -0.1) is 11.8 Å². The van der Waals surface area contributed by atoms with Crippen molar-refractivity contribution in [2.24, 2.45) is 0 Å². The molecule has 1 fully saturated rings. The number of carbonyl (C=O) groups excluding carboxylic acids is 1. The number of carbonyl (C=O) groups is 1. The molecule has 142 valence electrons. The van der Waals surface area contributed by atoms with Crippen molar-refractivity contribution in [2.45, 2.75) is 30.0 Å². The number of nitrogens with one attached hydrogen (secondary N) is 1. The molecule has 1 N–H and O–H groups in total. The van der Waals surface area contributed by atoms with Crippen molar-refractivity contribution in [3.8, 4) is 5.75 Å². The third kappa shape index (κ3) is 4.47. The molecule has 2 aromatic carbocycles. The SMILES string of the molecule is C[C@@H](Sc1ccccc1)C(=O)N1CC[NH+](Cc2ccc3c(c2)CCO3)CC1. The molecule has 2 heterocycles. The predicted molar refractivity (Wildman–Crippen MR) is 108 cm³/mol. The molecule has 0 unspecified atom stereocenters. The molecule has 0 spiro atoms. The van der Waals surface area contributed by atoms with Crippen LogP contribution in [0.15, 0.2) is 53.4 Å². The first-order valence-electron chi connectivity index (χ1n) is 9.78. The molecule has 0 aromatic heterocycles. The highest BCUT2D eigenvalue weighted by atomic mass is 32.2. The van der Waals surface area contributed by atoms with E-state index < -0.39 is 0 Å². The third-order valence-corrected chi connectivity index (χ3v) is 6.49. The third-order valence-electron chi connectivity index (χ3n) is 5.39. The Labute approximate surface area is 165 Å². The van der Waals surface area contributed by atoms with E-state index in [4.69, 9.17) is 4.74 Å². The van der Waals surface area contributed by atoms with Crippen LogP contribution in [0.3, 0.4) is 0 Å². The number of quaternary nitrogens is 1. The van der Waals surface area contributed by atoms with Crippen LogP contribution in [0.1, 0.15) is 18.1 Å². The lowest BCUT2D eigenvalue weighted by atomic mass is 10.1. The number of nitrogens with zero attached hydrogens (tertiary/aromatic N) is 1. The average Bonchev–Trinajstić information content (AvgIpc) is 3.16. The molecule has 2 aliphatic heterocycles. The van der Waals surface area contributed by atoms with Crippen LogP contribution in [-0.2, 0) is 17.8 Å². The molecule has 1 amide bonds. The lowest BCUT2D eigenvalue weighted by Gasteiger charge is -2.33. The maximum absolute atomic E-state index is 12.8. The maximum atomic E-state index is 12.8. The van der Waals surface area contributed by atoms with Crippen LogP contribution in [-0.4, -0.2) is 48.8 Å². The molecule has 0 aliphatic carbocycles. The van der Waals surface area contributed by atoms with Crippen molar-refractivity contribution in [2.75, 3.05) is 32.8 Å². The fourth-order valence-electron chi connectivity index (χ4n) is 3.87. The van der Waals surface area contributed by atoms with Gasteiger partial charge in [-0.3, -0.25) is 4.79 Å². The van der Waals surface area contributed by atoms with Gasteiger partial charge in [0.1, 0.15) is 12.3 Å². The smallest absolute Gasteiger partial charge is 0.236 e. The first-order chi connectivity index (χ1) is 13.2. The first kappa shape index (κ1) is 18.4. The summed E-state index contributed by atoms with van der Waals surface area (Å²) in [5.74, 6) is 1.31. The largest absolute Gasteiger partial charge is 0.493 e. The van der Waals surface area contributed by atoms with Gasteiger partial charge in [0, 0.05) is 16.9 Å². The van der Waals surface area contributed by atoms with E-state index in [9.17, 15) is 4.79 Å². The Morgan fingerprint density at radius 3 is 2.74 bits per heavy atom. The summed E-state index contributed by atoms with van der Waals surface area (Å²) in [7, 11) is 0. The maximum Gasteiger partial charge on any atom is 0.236 e. The number of amides is 1. The van der Waals surface area contributed by atoms with Crippen LogP contribution in [0.5, 0.6) is 5.75 Å². The lowest BCUT2D eigenvalue weighted by molar-refractivity contribution is -0.917. The lowest BCUT2D eigenvalue weighted by Crippen LogP contribution is -3.13. The summed E-state index contributed by atoms with van der Waals surface area (Å²) >= 11 is 1.65. The Kier molecular flexibility index (Phi) is 5.69. The highest BCUT2D eigenvalue weighted by molar-refractivity contribution is 8.00. The number of hydrogen-bond acceptors (Lipinski definition) is 3. The first-order valence-corrected chi connectivity index (χ1v) is 10.7. The number of piperazine rings is 1. The van der Waals surface area contributed by atoms with Crippen LogP contribution < -0.4 is 9.64 Å². The summed E-state index contributed by atoms with van der Waals surface area (Å²) in [5.41, 5.74) is 2.72. The Balaban J connectivity index is 1.27. The molecular weight excluding hydrogens is 356 g/mol. The Morgan fingerprint density at radius 2 is 1.96 bits per heavy atom. The van der Waals surface area contributed by atoms with E-state index >= 15 is 0 Å². The van der Waals surface area contributed by atoms with Gasteiger partial charge in [-0.05, 0) is 42.8 Å². The Hall–Kier alpha value is -1.98. The second kappa shape index (κ2) is 8.36. The molecule has 0 saturated carbocycles. The van der Waals surface area contributed by atoms with E-state index in [-0.39, 0.29) is 11.2 Å². The van der Waals surface area contributed by atoms with Gasteiger partial charge in [0.05, 0.1) is 38.0 Å². The van der Waals surface area contributed by atoms with Gasteiger partial charge in [0.2, 0.25) is 5.91 Å². The minimum Gasteiger partial charge on any atom is -0.493 e. The monoisotopic (exact) mass is 383 g/mol. The summed E-state index contributed by atoms with van der Waals surface area (Å²) in [5, 5.41) is -0.0364. The van der Waals surface area contributed by atoms with Crippen LogP contribution in [0, 0.1) is 0 Å². The molecular formula is C22H27N2O2S+. The second-order valence-electron chi connectivity index (χ2n) is 7.37. The molecule has 1 atom stereocenters. The zero-order chi connectivity index (χ0) is 18.6. The molecule has 4 nitrogen and oxygen atoms in total. The summed E-state index contributed by atoms with van der Waals surface area (Å²) in [6.07, 6.45) is 1.03. The zero-order valence-corrected chi connectivity index (χ0v) is 16.6. The van der Waals surface area contributed by atoms with Gasteiger partial charge in [0.25, 0.3) is 0 Å². The Morgan fingerprint density at radius 1 is 1.19 bits per heavy atom. The van der Waals surface area contributed by atoms with Crippen LogP contribution in [0.2, 0.25) is 0 Å². The summed E-state index contributed by atoms with van der Waals surface area (Å²) in [4.78, 5) is 17.5. The summed E-state index contributed by atoms with van der Waals surface area (Å²) < 4.78 is 5.60. The van der Waals surface area contributed by atoms with E-state index in [2.05, 4.69) is 30.3 Å². The van der Waals surface area contributed by atoms with E-state index in [1.165, 1.54) is 11.1 Å². The highest BCUT2D eigenvalue weighted by Gasteiger charge is 2.27. The second-order valence-corrected chi connectivity index (χ2v) is 8.78. The van der Waals surface area contributed by atoms with Crippen molar-refractivity contribution >= 4 is 17.7 Å². The number of benzene rings is 2. The van der Waals surface area contributed by atoms with Crippen molar-refractivity contribution in [3.63, 3.8) is 0 Å². The molecule has 27 heavy (non-hydrogen) atoms. The standard InChI is InChI=1S/C22H26N2O2S/c1-17(27-20-5-3-2-4-6-20)22(25)24-12-10-23(11-13-24)16-18-7-8-21-19(15-18)9-14-26-21/h2-8,15,17H,9-14,16H2,1H3/p+1/t17-/m1/s1. The summed E-state index contributed by atoms with van der Waals surface area (Å²) in [6.45, 7) is 7.59. The quantitative estimate of drug-likeness (QED) is 0.803. The Bertz CT molecular complexity index is 788. The number of fused-ring (bicyclic) bond motifs is 1. The van der Waals surface area contributed by atoms with Crippen molar-refractivity contribution < 1.29 is 14.4 Å². The molecule has 2 aromatic rings. The van der Waals surface area contributed by atoms with E-state index in [0.29, 0.717) is 0 Å². The van der Waals surface area contributed by atoms with Gasteiger partial charge in [-0.25, -0.2) is 0 Å². The van der Waals surface area contributed by atoms with Crippen LogP contribution >= 0.6 is 11.8 Å². The number of hydrogen-bond donors (Lipinski definition) is 1. The van der Waals surface area contributed by atoms with Crippen molar-refractivity contribution in [3.05, 3.63) is 59.7 Å². The minimum atomic E-state index is -0.0364. The molecule has 5 heteroatoms. The molecule has 0 radical (unpaired) electrons.